The van der Waals surface area contributed by atoms with Crippen LogP contribution < -0.4 is 9.08 Å². The molecule has 0 atom stereocenters. The van der Waals surface area contributed by atoms with Gasteiger partial charge < -0.3 is 12.9 Å². The molecule has 5 nitrogen and oxygen atoms in total. The van der Waals surface area contributed by atoms with Gasteiger partial charge in [-0.3, -0.25) is 5.41 Å². The number of rotatable bonds is 2. The largest absolute Gasteiger partial charge is 0.438 e. The van der Waals surface area contributed by atoms with E-state index in [2.05, 4.69) is 36.4 Å². The molecule has 2 heterocycles. The Morgan fingerprint density at radius 3 is 2.82 bits per heavy atom. The number of fused-ring (bicyclic) bond motifs is 2. The van der Waals surface area contributed by atoms with Crippen LogP contribution in [0, 0.1) is 5.41 Å². The zero-order chi connectivity index (χ0) is 15.1. The van der Waals surface area contributed by atoms with Crippen LogP contribution in [-0.2, 0) is 0 Å². The van der Waals surface area contributed by atoms with Gasteiger partial charge in [0.2, 0.25) is 5.55 Å². The first-order valence-corrected chi connectivity index (χ1v) is 7.77. The zero-order valence-electron chi connectivity index (χ0n) is 11.4. The fourth-order valence-electron chi connectivity index (χ4n) is 2.44. The predicted molar refractivity (Wildman–Crippen MR) is 94.8 cm³/mol. The number of nitrogens with zero attached hydrogens (tertiary/aromatic N) is 1. The number of benzene rings is 2. The summed E-state index contributed by atoms with van der Waals surface area (Å²) in [5.74, 6) is 0.646. The second-order valence-corrected chi connectivity index (χ2v) is 5.48. The lowest BCUT2D eigenvalue weighted by Crippen LogP contribution is -2.04. The van der Waals surface area contributed by atoms with Crippen molar-refractivity contribution in [2.75, 3.05) is 3.53 Å². The second-order valence-electron chi connectivity index (χ2n) is 4.94. The maximum absolute atomic E-state index is 8.14. The Balaban J connectivity index is 1.94. The molecule has 0 bridgehead atoms. The van der Waals surface area contributed by atoms with E-state index in [1.165, 1.54) is 0 Å². The number of imidazole rings is 1. The molecule has 0 unspecified atom stereocenters. The van der Waals surface area contributed by atoms with Gasteiger partial charge in [-0.1, -0.05) is 12.1 Å². The molecule has 0 saturated carbocycles. The Kier molecular flexibility index (Phi) is 3.11. The van der Waals surface area contributed by atoms with Crippen molar-refractivity contribution in [2.45, 2.75) is 0 Å². The molecular weight excluding hydrogens is 391 g/mol. The van der Waals surface area contributed by atoms with Crippen LogP contribution in [0.4, 0.5) is 5.69 Å². The van der Waals surface area contributed by atoms with Gasteiger partial charge >= 0.3 is 0 Å². The Morgan fingerprint density at radius 2 is 2.00 bits per heavy atom. The Labute approximate surface area is 139 Å². The number of anilines is 1. The van der Waals surface area contributed by atoms with Crippen molar-refractivity contribution in [3.63, 3.8) is 0 Å². The van der Waals surface area contributed by atoms with Gasteiger partial charge in [0.05, 0.1) is 39.5 Å². The van der Waals surface area contributed by atoms with Crippen LogP contribution >= 0.6 is 22.9 Å². The van der Waals surface area contributed by atoms with Gasteiger partial charge in [0.1, 0.15) is 11.4 Å². The number of nitrogens with one attached hydrogen (secondary N) is 3. The lowest BCUT2D eigenvalue weighted by atomic mass is 10.1. The molecule has 4 rings (SSSR count). The number of H-pyrrole nitrogens is 1. The first kappa shape index (κ1) is 13.3. The average Bonchev–Trinajstić information content (AvgIpc) is 2.97. The molecule has 2 aromatic heterocycles. The SMILES string of the molecule is N=c1oc2cc(NI)ccc2cc1-c1nc2ccccc2[nH]1. The predicted octanol–water partition coefficient (Wildman–Crippen LogP) is 4.22. The molecule has 0 amide bonds. The lowest BCUT2D eigenvalue weighted by molar-refractivity contribution is 0.535. The van der Waals surface area contributed by atoms with E-state index in [0.29, 0.717) is 17.0 Å². The molecule has 2 aromatic carbocycles. The van der Waals surface area contributed by atoms with Crippen LogP contribution in [0.1, 0.15) is 0 Å². The van der Waals surface area contributed by atoms with Gasteiger partial charge in [-0.25, -0.2) is 4.98 Å². The van der Waals surface area contributed by atoms with E-state index in [-0.39, 0.29) is 5.55 Å². The zero-order valence-corrected chi connectivity index (χ0v) is 13.5. The minimum absolute atomic E-state index is 0.0946. The number of hydrogen-bond acceptors (Lipinski definition) is 4. The fraction of sp³-hybridized carbons (Fsp3) is 0. The molecule has 0 radical (unpaired) electrons. The molecule has 108 valence electrons. The van der Waals surface area contributed by atoms with Gasteiger partial charge in [0, 0.05) is 17.1 Å². The number of halogens is 1. The fourth-order valence-corrected chi connectivity index (χ4v) is 2.78. The second kappa shape index (κ2) is 5.13. The van der Waals surface area contributed by atoms with Crippen LogP contribution in [0.2, 0.25) is 0 Å². The maximum atomic E-state index is 8.14. The van der Waals surface area contributed by atoms with Crippen LogP contribution in [0.25, 0.3) is 33.4 Å². The first-order chi connectivity index (χ1) is 10.7. The highest BCUT2D eigenvalue weighted by atomic mass is 127. The summed E-state index contributed by atoms with van der Waals surface area (Å²) >= 11 is 2.06. The minimum atomic E-state index is 0.0946. The summed E-state index contributed by atoms with van der Waals surface area (Å²) in [6, 6.07) is 15.5. The smallest absolute Gasteiger partial charge is 0.223 e. The molecule has 0 aliphatic carbocycles. The van der Waals surface area contributed by atoms with Crippen molar-refractivity contribution in [1.29, 1.82) is 5.41 Å². The van der Waals surface area contributed by atoms with Crippen LogP contribution in [0.3, 0.4) is 0 Å². The summed E-state index contributed by atoms with van der Waals surface area (Å²) in [4.78, 5) is 7.77. The summed E-state index contributed by atoms with van der Waals surface area (Å²) in [7, 11) is 0. The molecule has 6 heteroatoms. The van der Waals surface area contributed by atoms with Gasteiger partial charge in [0.15, 0.2) is 0 Å². The van der Waals surface area contributed by atoms with E-state index in [1.54, 1.807) is 0 Å². The summed E-state index contributed by atoms with van der Waals surface area (Å²) in [5, 5.41) is 9.07. The lowest BCUT2D eigenvalue weighted by Gasteiger charge is -2.03. The number of aromatic nitrogens is 2. The highest BCUT2D eigenvalue weighted by Gasteiger charge is 2.10. The molecule has 0 aliphatic heterocycles. The van der Waals surface area contributed by atoms with Gasteiger partial charge in [-0.15, -0.1) is 0 Å². The van der Waals surface area contributed by atoms with Crippen molar-refractivity contribution < 1.29 is 4.42 Å². The monoisotopic (exact) mass is 402 g/mol. The topological polar surface area (TPSA) is 77.7 Å². The van der Waals surface area contributed by atoms with E-state index in [9.17, 15) is 0 Å². The summed E-state index contributed by atoms with van der Waals surface area (Å²) in [6.07, 6.45) is 0. The van der Waals surface area contributed by atoms with Gasteiger partial charge in [0.25, 0.3) is 0 Å². The summed E-state index contributed by atoms with van der Waals surface area (Å²) in [6.45, 7) is 0. The van der Waals surface area contributed by atoms with Crippen molar-refractivity contribution in [3.05, 3.63) is 54.1 Å². The third-order valence-corrected chi connectivity index (χ3v) is 4.15. The van der Waals surface area contributed by atoms with E-state index in [0.717, 1.165) is 22.1 Å². The van der Waals surface area contributed by atoms with E-state index in [4.69, 9.17) is 9.83 Å². The molecule has 0 saturated heterocycles. The van der Waals surface area contributed by atoms with Crippen molar-refractivity contribution in [1.82, 2.24) is 9.97 Å². The molecule has 3 N–H and O–H groups in total. The molecule has 4 aromatic rings. The number of para-hydroxylation sites is 2. The van der Waals surface area contributed by atoms with E-state index >= 15 is 0 Å². The van der Waals surface area contributed by atoms with Gasteiger partial charge in [-0.05, 0) is 30.3 Å². The number of hydrogen-bond donors (Lipinski definition) is 3. The Morgan fingerprint density at radius 1 is 1.14 bits per heavy atom. The van der Waals surface area contributed by atoms with Crippen molar-refractivity contribution >= 4 is 50.6 Å². The van der Waals surface area contributed by atoms with Crippen LogP contribution in [0.15, 0.2) is 52.9 Å². The molecule has 0 spiro atoms. The van der Waals surface area contributed by atoms with E-state index < -0.39 is 0 Å². The quantitative estimate of drug-likeness (QED) is 0.347. The normalized spacial score (nSPS) is 11.1. The molecule has 0 aliphatic rings. The highest BCUT2D eigenvalue weighted by Crippen LogP contribution is 2.24. The number of aromatic amines is 1. The minimum Gasteiger partial charge on any atom is -0.438 e. The van der Waals surface area contributed by atoms with Crippen LogP contribution in [0.5, 0.6) is 0 Å². The highest BCUT2D eigenvalue weighted by molar-refractivity contribution is 14.1. The summed E-state index contributed by atoms with van der Waals surface area (Å²) < 4.78 is 8.68. The third kappa shape index (κ3) is 2.16. The Hall–Kier alpha value is -2.35. The van der Waals surface area contributed by atoms with Crippen molar-refractivity contribution in [3.8, 4) is 11.4 Å². The Bertz CT molecular complexity index is 1020. The maximum Gasteiger partial charge on any atom is 0.223 e. The first-order valence-electron chi connectivity index (χ1n) is 6.69. The third-order valence-electron chi connectivity index (χ3n) is 3.52. The van der Waals surface area contributed by atoms with Crippen molar-refractivity contribution in [2.24, 2.45) is 0 Å². The van der Waals surface area contributed by atoms with E-state index in [1.807, 2.05) is 48.5 Å². The summed E-state index contributed by atoms with van der Waals surface area (Å²) in [5.41, 5.74) is 4.18. The molecular formula is C16H11IN4O. The van der Waals surface area contributed by atoms with Crippen LogP contribution in [-0.4, -0.2) is 9.97 Å². The molecule has 22 heavy (non-hydrogen) atoms. The average molecular weight is 402 g/mol. The standard InChI is InChI=1S/C16H11IN4O/c17-21-10-6-5-9-7-11(15(18)22-14(9)8-10)16-19-12-3-1-2-4-13(12)20-16/h1-8,18,21H,(H,19,20). The van der Waals surface area contributed by atoms with Gasteiger partial charge in [-0.2, -0.15) is 0 Å². The molecule has 0 fully saturated rings.